The van der Waals surface area contributed by atoms with E-state index in [1.54, 1.807) is 17.0 Å². The van der Waals surface area contributed by atoms with E-state index < -0.39 is 0 Å². The summed E-state index contributed by atoms with van der Waals surface area (Å²) in [7, 11) is 0. The Kier molecular flexibility index (Phi) is 4.73. The smallest absolute Gasteiger partial charge is 0.289 e. The lowest BCUT2D eigenvalue weighted by Crippen LogP contribution is -2.37. The van der Waals surface area contributed by atoms with E-state index in [0.717, 1.165) is 38.8 Å². The van der Waals surface area contributed by atoms with Gasteiger partial charge in [0.05, 0.1) is 6.26 Å². The fourth-order valence-corrected chi connectivity index (χ4v) is 3.60. The molecule has 0 saturated carbocycles. The molecule has 8 nitrogen and oxygen atoms in total. The second-order valence-electron chi connectivity index (χ2n) is 6.84. The van der Waals surface area contributed by atoms with E-state index >= 15 is 0 Å². The van der Waals surface area contributed by atoms with Gasteiger partial charge in [0.1, 0.15) is 6.42 Å². The summed E-state index contributed by atoms with van der Waals surface area (Å²) in [6.45, 7) is 2.88. The number of amides is 2. The first-order valence-electron chi connectivity index (χ1n) is 9.13. The molecule has 0 bridgehead atoms. The lowest BCUT2D eigenvalue weighted by atomic mass is 9.96. The van der Waals surface area contributed by atoms with Crippen LogP contribution in [0.1, 0.15) is 53.9 Å². The van der Waals surface area contributed by atoms with Crippen LogP contribution in [0.2, 0.25) is 0 Å². The first-order valence-corrected chi connectivity index (χ1v) is 9.13. The summed E-state index contributed by atoms with van der Waals surface area (Å²) in [5.74, 6) is 1.40. The molecule has 26 heavy (non-hydrogen) atoms. The van der Waals surface area contributed by atoms with Crippen LogP contribution in [-0.4, -0.2) is 58.0 Å². The molecule has 0 N–H and O–H groups in total. The molecule has 4 rings (SSSR count). The third-order valence-electron chi connectivity index (χ3n) is 5.11. The summed E-state index contributed by atoms with van der Waals surface area (Å²) in [6, 6.07) is 3.39. The molecule has 2 fully saturated rings. The molecule has 138 valence electrons. The van der Waals surface area contributed by atoms with Crippen molar-refractivity contribution in [1.29, 1.82) is 0 Å². The summed E-state index contributed by atoms with van der Waals surface area (Å²) in [5.41, 5.74) is 0. The average molecular weight is 358 g/mol. The lowest BCUT2D eigenvalue weighted by Gasteiger charge is -2.29. The molecule has 4 heterocycles. The molecule has 0 atom stereocenters. The summed E-state index contributed by atoms with van der Waals surface area (Å²) in [4.78, 5) is 28.1. The Labute approximate surface area is 151 Å². The Hall–Kier alpha value is -2.64. The van der Waals surface area contributed by atoms with Crippen molar-refractivity contribution in [2.45, 2.75) is 38.0 Å². The maximum Gasteiger partial charge on any atom is 0.289 e. The van der Waals surface area contributed by atoms with Gasteiger partial charge in [-0.2, -0.15) is 0 Å². The van der Waals surface area contributed by atoms with Gasteiger partial charge in [-0.25, -0.2) is 0 Å². The largest absolute Gasteiger partial charge is 0.459 e. The second kappa shape index (κ2) is 7.31. The molecule has 0 unspecified atom stereocenters. The number of rotatable bonds is 4. The normalized spacial score (nSPS) is 18.5. The SMILES string of the molecule is O=C(Cc1nnc(C2CCN(C(=O)c3ccco3)CC2)o1)N1CCCC1. The van der Waals surface area contributed by atoms with Gasteiger partial charge in [0.25, 0.3) is 5.91 Å². The molecule has 0 radical (unpaired) electrons. The predicted molar refractivity (Wildman–Crippen MR) is 90.4 cm³/mol. The topological polar surface area (TPSA) is 92.7 Å². The first kappa shape index (κ1) is 16.8. The second-order valence-corrected chi connectivity index (χ2v) is 6.84. The Morgan fingerprint density at radius 1 is 1.08 bits per heavy atom. The van der Waals surface area contributed by atoms with E-state index in [1.165, 1.54) is 6.26 Å². The van der Waals surface area contributed by atoms with Crippen molar-refractivity contribution in [3.63, 3.8) is 0 Å². The Balaban J connectivity index is 1.31. The molecular formula is C18H22N4O4. The van der Waals surface area contributed by atoms with Crippen LogP contribution in [0.25, 0.3) is 0 Å². The van der Waals surface area contributed by atoms with Crippen LogP contribution in [-0.2, 0) is 11.2 Å². The fraction of sp³-hybridized carbons (Fsp3) is 0.556. The minimum atomic E-state index is -0.0872. The molecule has 2 aromatic rings. The number of nitrogens with zero attached hydrogens (tertiary/aromatic N) is 4. The average Bonchev–Trinajstić information content (AvgIpc) is 3.43. The Morgan fingerprint density at radius 2 is 1.85 bits per heavy atom. The fourth-order valence-electron chi connectivity index (χ4n) is 3.60. The maximum atomic E-state index is 12.3. The van der Waals surface area contributed by atoms with E-state index in [4.69, 9.17) is 8.83 Å². The predicted octanol–water partition coefficient (Wildman–Crippen LogP) is 1.85. The highest BCUT2D eigenvalue weighted by Crippen LogP contribution is 2.28. The molecule has 0 spiro atoms. The molecule has 2 aromatic heterocycles. The van der Waals surface area contributed by atoms with Crippen LogP contribution in [0, 0.1) is 0 Å². The van der Waals surface area contributed by atoms with Gasteiger partial charge in [-0.15, -0.1) is 10.2 Å². The molecule has 8 heteroatoms. The number of hydrogen-bond donors (Lipinski definition) is 0. The van der Waals surface area contributed by atoms with E-state index in [2.05, 4.69) is 10.2 Å². The van der Waals surface area contributed by atoms with Crippen LogP contribution in [0.3, 0.4) is 0 Å². The third kappa shape index (κ3) is 3.49. The van der Waals surface area contributed by atoms with Crippen molar-refractivity contribution in [3.8, 4) is 0 Å². The van der Waals surface area contributed by atoms with Gasteiger partial charge in [0.2, 0.25) is 17.7 Å². The van der Waals surface area contributed by atoms with Crippen molar-refractivity contribution in [3.05, 3.63) is 35.9 Å². The van der Waals surface area contributed by atoms with Gasteiger partial charge in [-0.05, 0) is 37.8 Å². The van der Waals surface area contributed by atoms with Crippen molar-refractivity contribution in [1.82, 2.24) is 20.0 Å². The van der Waals surface area contributed by atoms with Gasteiger partial charge >= 0.3 is 0 Å². The highest BCUT2D eigenvalue weighted by molar-refractivity contribution is 5.91. The monoisotopic (exact) mass is 358 g/mol. The van der Waals surface area contributed by atoms with E-state index in [9.17, 15) is 9.59 Å². The summed E-state index contributed by atoms with van der Waals surface area (Å²) >= 11 is 0. The summed E-state index contributed by atoms with van der Waals surface area (Å²) in [5, 5.41) is 8.17. The van der Waals surface area contributed by atoms with Gasteiger partial charge in [0.15, 0.2) is 5.76 Å². The molecule has 2 aliphatic heterocycles. The van der Waals surface area contributed by atoms with Gasteiger partial charge < -0.3 is 18.6 Å². The number of aromatic nitrogens is 2. The lowest BCUT2D eigenvalue weighted by molar-refractivity contribution is -0.129. The summed E-state index contributed by atoms with van der Waals surface area (Å²) in [6.07, 6.45) is 5.32. The standard InChI is InChI=1S/C18H22N4O4/c23-16(21-7-1-2-8-21)12-15-19-20-17(26-15)13-5-9-22(10-6-13)18(24)14-4-3-11-25-14/h3-4,11,13H,1-2,5-10,12H2. The molecular weight excluding hydrogens is 336 g/mol. The van der Waals surface area contributed by atoms with E-state index in [-0.39, 0.29) is 24.2 Å². The zero-order valence-corrected chi connectivity index (χ0v) is 14.6. The van der Waals surface area contributed by atoms with E-state index in [0.29, 0.717) is 30.6 Å². The highest BCUT2D eigenvalue weighted by atomic mass is 16.4. The third-order valence-corrected chi connectivity index (χ3v) is 5.11. The minimum absolute atomic E-state index is 0.0524. The first-order chi connectivity index (χ1) is 12.7. The molecule has 2 saturated heterocycles. The zero-order chi connectivity index (χ0) is 17.9. The Bertz CT molecular complexity index is 756. The number of furan rings is 1. The number of likely N-dealkylation sites (tertiary alicyclic amines) is 2. The highest BCUT2D eigenvalue weighted by Gasteiger charge is 2.29. The minimum Gasteiger partial charge on any atom is -0.459 e. The van der Waals surface area contributed by atoms with Crippen LogP contribution in [0.5, 0.6) is 0 Å². The number of hydrogen-bond acceptors (Lipinski definition) is 6. The quantitative estimate of drug-likeness (QED) is 0.828. The number of carbonyl (C=O) groups excluding carboxylic acids is 2. The Morgan fingerprint density at radius 3 is 2.54 bits per heavy atom. The number of piperidine rings is 1. The maximum absolute atomic E-state index is 12.3. The van der Waals surface area contributed by atoms with E-state index in [1.807, 2.05) is 4.90 Å². The van der Waals surface area contributed by atoms with Gasteiger partial charge in [0, 0.05) is 32.1 Å². The van der Waals surface area contributed by atoms with Crippen molar-refractivity contribution < 1.29 is 18.4 Å². The van der Waals surface area contributed by atoms with Crippen LogP contribution < -0.4 is 0 Å². The van der Waals surface area contributed by atoms with Crippen LogP contribution in [0.15, 0.2) is 27.2 Å². The van der Waals surface area contributed by atoms with Crippen molar-refractivity contribution in [2.24, 2.45) is 0 Å². The van der Waals surface area contributed by atoms with Crippen molar-refractivity contribution >= 4 is 11.8 Å². The van der Waals surface area contributed by atoms with Crippen LogP contribution in [0.4, 0.5) is 0 Å². The van der Waals surface area contributed by atoms with Crippen molar-refractivity contribution in [2.75, 3.05) is 26.2 Å². The molecule has 0 aromatic carbocycles. The summed E-state index contributed by atoms with van der Waals surface area (Å²) < 4.78 is 10.9. The van der Waals surface area contributed by atoms with Gasteiger partial charge in [-0.1, -0.05) is 0 Å². The number of carbonyl (C=O) groups is 2. The van der Waals surface area contributed by atoms with Gasteiger partial charge in [-0.3, -0.25) is 9.59 Å². The molecule has 2 aliphatic rings. The molecule has 2 amide bonds. The zero-order valence-electron chi connectivity index (χ0n) is 14.6. The van der Waals surface area contributed by atoms with Crippen LogP contribution >= 0.6 is 0 Å². The molecule has 0 aliphatic carbocycles.